The Balaban J connectivity index is 1.47. The zero-order valence-electron chi connectivity index (χ0n) is 16.0. The van der Waals surface area contributed by atoms with Crippen molar-refractivity contribution in [3.63, 3.8) is 0 Å². The number of hydrogen-bond acceptors (Lipinski definition) is 3. The molecule has 0 saturated carbocycles. The van der Waals surface area contributed by atoms with Crippen molar-refractivity contribution in [2.75, 3.05) is 44.2 Å². The van der Waals surface area contributed by atoms with E-state index in [9.17, 15) is 4.39 Å². The highest BCUT2D eigenvalue weighted by Crippen LogP contribution is 2.24. The van der Waals surface area contributed by atoms with Gasteiger partial charge in [-0.25, -0.2) is 4.39 Å². The molecular weight excluding hydrogens is 327 g/mol. The van der Waals surface area contributed by atoms with Crippen LogP contribution < -0.4 is 9.64 Å². The molecule has 1 aliphatic rings. The number of hydrogen-bond donors (Lipinski definition) is 0. The van der Waals surface area contributed by atoms with Crippen molar-refractivity contribution in [3.05, 3.63) is 59.4 Å². The summed E-state index contributed by atoms with van der Waals surface area (Å²) >= 11 is 0. The summed E-state index contributed by atoms with van der Waals surface area (Å²) in [5.41, 5.74) is 3.20. The van der Waals surface area contributed by atoms with Crippen molar-refractivity contribution in [2.45, 2.75) is 26.7 Å². The minimum atomic E-state index is -0.134. The lowest BCUT2D eigenvalue weighted by atomic mass is 10.0. The van der Waals surface area contributed by atoms with Crippen molar-refractivity contribution < 1.29 is 9.13 Å². The monoisotopic (exact) mass is 356 g/mol. The first kappa shape index (κ1) is 18.7. The minimum absolute atomic E-state index is 0.134. The lowest BCUT2D eigenvalue weighted by molar-refractivity contribution is 0.199. The van der Waals surface area contributed by atoms with Gasteiger partial charge in [-0.2, -0.15) is 0 Å². The van der Waals surface area contributed by atoms with Crippen LogP contribution in [0, 0.1) is 12.7 Å². The highest BCUT2D eigenvalue weighted by molar-refractivity contribution is 5.48. The molecule has 1 fully saturated rings. The second-order valence-corrected chi connectivity index (χ2v) is 7.31. The van der Waals surface area contributed by atoms with Crippen LogP contribution in [-0.4, -0.2) is 44.2 Å². The van der Waals surface area contributed by atoms with Gasteiger partial charge in [0.25, 0.3) is 0 Å². The Kier molecular flexibility index (Phi) is 6.15. The zero-order chi connectivity index (χ0) is 18.5. The molecule has 0 amide bonds. The number of ether oxygens (including phenoxy) is 1. The Bertz CT molecular complexity index is 724. The van der Waals surface area contributed by atoms with E-state index < -0.39 is 0 Å². The molecule has 3 rings (SSSR count). The lowest BCUT2D eigenvalue weighted by Crippen LogP contribution is -2.47. The van der Waals surface area contributed by atoms with Crippen molar-refractivity contribution in [2.24, 2.45) is 0 Å². The molecule has 0 N–H and O–H groups in total. The fourth-order valence-electron chi connectivity index (χ4n) is 3.34. The van der Waals surface area contributed by atoms with E-state index in [-0.39, 0.29) is 5.82 Å². The van der Waals surface area contributed by atoms with Gasteiger partial charge < -0.3 is 9.64 Å². The van der Waals surface area contributed by atoms with E-state index in [1.54, 1.807) is 6.07 Å². The molecule has 0 aromatic heterocycles. The van der Waals surface area contributed by atoms with Crippen LogP contribution in [0.3, 0.4) is 0 Å². The summed E-state index contributed by atoms with van der Waals surface area (Å²) in [7, 11) is 0. The van der Waals surface area contributed by atoms with E-state index in [4.69, 9.17) is 4.74 Å². The summed E-state index contributed by atoms with van der Waals surface area (Å²) in [6, 6.07) is 13.5. The SMILES string of the molecule is Cc1ccc(C(C)C)cc1OCCN1CCN(c2ccccc2F)CC1. The molecule has 3 nitrogen and oxygen atoms in total. The van der Waals surface area contributed by atoms with E-state index >= 15 is 0 Å². The van der Waals surface area contributed by atoms with Gasteiger partial charge in [-0.15, -0.1) is 0 Å². The average molecular weight is 356 g/mol. The Labute approximate surface area is 156 Å². The Hall–Kier alpha value is -2.07. The molecule has 0 spiro atoms. The van der Waals surface area contributed by atoms with Gasteiger partial charge in [0.1, 0.15) is 18.2 Å². The van der Waals surface area contributed by atoms with Gasteiger partial charge in [0.05, 0.1) is 5.69 Å². The first-order chi connectivity index (χ1) is 12.5. The highest BCUT2D eigenvalue weighted by atomic mass is 19.1. The van der Waals surface area contributed by atoms with Gasteiger partial charge in [-0.05, 0) is 42.2 Å². The molecule has 4 heteroatoms. The maximum absolute atomic E-state index is 13.9. The van der Waals surface area contributed by atoms with Crippen LogP contribution in [0.15, 0.2) is 42.5 Å². The van der Waals surface area contributed by atoms with Crippen LogP contribution in [0.5, 0.6) is 5.75 Å². The number of halogens is 1. The first-order valence-electron chi connectivity index (χ1n) is 9.50. The molecule has 1 saturated heterocycles. The topological polar surface area (TPSA) is 15.7 Å². The van der Waals surface area contributed by atoms with Crippen LogP contribution in [-0.2, 0) is 0 Å². The van der Waals surface area contributed by atoms with Crippen molar-refractivity contribution in [3.8, 4) is 5.75 Å². The maximum Gasteiger partial charge on any atom is 0.146 e. The normalized spacial score (nSPS) is 15.5. The summed E-state index contributed by atoms with van der Waals surface area (Å²) in [5.74, 6) is 1.36. The molecule has 2 aromatic carbocycles. The van der Waals surface area contributed by atoms with E-state index in [1.165, 1.54) is 17.2 Å². The quantitative estimate of drug-likeness (QED) is 0.760. The van der Waals surface area contributed by atoms with E-state index in [2.05, 4.69) is 48.8 Å². The number of para-hydroxylation sites is 1. The zero-order valence-corrected chi connectivity index (χ0v) is 16.0. The fraction of sp³-hybridized carbons (Fsp3) is 0.455. The van der Waals surface area contributed by atoms with Gasteiger partial charge in [0.2, 0.25) is 0 Å². The average Bonchev–Trinajstić information content (AvgIpc) is 2.64. The van der Waals surface area contributed by atoms with Crippen LogP contribution in [0.2, 0.25) is 0 Å². The molecule has 2 aromatic rings. The van der Waals surface area contributed by atoms with Crippen LogP contribution in [0.25, 0.3) is 0 Å². The van der Waals surface area contributed by atoms with Crippen LogP contribution in [0.1, 0.15) is 30.9 Å². The van der Waals surface area contributed by atoms with Gasteiger partial charge >= 0.3 is 0 Å². The largest absolute Gasteiger partial charge is 0.492 e. The molecule has 140 valence electrons. The smallest absolute Gasteiger partial charge is 0.146 e. The van der Waals surface area contributed by atoms with Gasteiger partial charge in [0.15, 0.2) is 0 Å². The summed E-state index contributed by atoms with van der Waals surface area (Å²) in [4.78, 5) is 4.52. The van der Waals surface area contributed by atoms with Crippen LogP contribution in [0.4, 0.5) is 10.1 Å². The Morgan fingerprint density at radius 2 is 1.77 bits per heavy atom. The summed E-state index contributed by atoms with van der Waals surface area (Å²) in [5, 5.41) is 0. The van der Waals surface area contributed by atoms with E-state index in [1.807, 2.05) is 12.1 Å². The van der Waals surface area contributed by atoms with Gasteiger partial charge in [-0.3, -0.25) is 4.90 Å². The second-order valence-electron chi connectivity index (χ2n) is 7.31. The minimum Gasteiger partial charge on any atom is -0.492 e. The Morgan fingerprint density at radius 3 is 2.46 bits per heavy atom. The van der Waals surface area contributed by atoms with Crippen LogP contribution >= 0.6 is 0 Å². The molecule has 0 bridgehead atoms. The van der Waals surface area contributed by atoms with Crippen molar-refractivity contribution in [1.29, 1.82) is 0 Å². The van der Waals surface area contributed by atoms with E-state index in [0.717, 1.165) is 38.5 Å². The van der Waals surface area contributed by atoms with Crippen molar-refractivity contribution in [1.82, 2.24) is 4.90 Å². The maximum atomic E-state index is 13.9. The summed E-state index contributed by atoms with van der Waals surface area (Å²) in [6.45, 7) is 11.6. The van der Waals surface area contributed by atoms with Gasteiger partial charge in [0, 0.05) is 32.7 Å². The van der Waals surface area contributed by atoms with Gasteiger partial charge in [-0.1, -0.05) is 38.1 Å². The van der Waals surface area contributed by atoms with Crippen molar-refractivity contribution >= 4 is 5.69 Å². The molecule has 1 aliphatic heterocycles. The molecule has 26 heavy (non-hydrogen) atoms. The number of nitrogens with zero attached hydrogens (tertiary/aromatic N) is 2. The molecule has 1 heterocycles. The van der Waals surface area contributed by atoms with E-state index in [0.29, 0.717) is 18.2 Å². The lowest BCUT2D eigenvalue weighted by Gasteiger charge is -2.36. The Morgan fingerprint density at radius 1 is 1.04 bits per heavy atom. The molecule has 0 unspecified atom stereocenters. The molecular formula is C22H29FN2O. The number of aryl methyl sites for hydroxylation is 1. The summed E-state index contributed by atoms with van der Waals surface area (Å²) < 4.78 is 20.0. The number of benzene rings is 2. The third-order valence-electron chi connectivity index (χ3n) is 5.11. The fourth-order valence-corrected chi connectivity index (χ4v) is 3.34. The summed E-state index contributed by atoms with van der Waals surface area (Å²) in [6.07, 6.45) is 0. The predicted molar refractivity (Wildman–Crippen MR) is 106 cm³/mol. The number of piperazine rings is 1. The first-order valence-corrected chi connectivity index (χ1v) is 9.50. The number of rotatable bonds is 6. The third kappa shape index (κ3) is 4.55. The molecule has 0 atom stereocenters. The molecule has 0 radical (unpaired) electrons. The second kappa shape index (κ2) is 8.54. The third-order valence-corrected chi connectivity index (χ3v) is 5.11. The molecule has 0 aliphatic carbocycles. The standard InChI is InChI=1S/C22H29FN2O/c1-17(2)19-9-8-18(3)22(16-19)26-15-14-24-10-12-25(13-11-24)21-7-5-4-6-20(21)23/h4-9,16-17H,10-15H2,1-3H3. The predicted octanol–water partition coefficient (Wildman–Crippen LogP) is 4.46. The highest BCUT2D eigenvalue weighted by Gasteiger charge is 2.19. The number of anilines is 1.